The van der Waals surface area contributed by atoms with Gasteiger partial charge in [0.15, 0.2) is 5.78 Å². The van der Waals surface area contributed by atoms with Gasteiger partial charge >= 0.3 is 0 Å². The quantitative estimate of drug-likeness (QED) is 0.761. The van der Waals surface area contributed by atoms with Crippen molar-refractivity contribution in [2.45, 2.75) is 18.9 Å². The van der Waals surface area contributed by atoms with Crippen LogP contribution in [0.3, 0.4) is 0 Å². The van der Waals surface area contributed by atoms with Crippen LogP contribution in [0.5, 0.6) is 0 Å². The number of nitrogens with zero attached hydrogens (tertiary/aromatic N) is 3. The highest BCUT2D eigenvalue weighted by Gasteiger charge is 2.21. The van der Waals surface area contributed by atoms with Crippen LogP contribution in [0, 0.1) is 0 Å². The van der Waals surface area contributed by atoms with Crippen molar-refractivity contribution in [2.24, 2.45) is 0 Å². The van der Waals surface area contributed by atoms with E-state index in [9.17, 15) is 4.79 Å². The fraction of sp³-hybridized carbons (Fsp3) is 0.583. The second kappa shape index (κ2) is 5.84. The van der Waals surface area contributed by atoms with Gasteiger partial charge in [-0.2, -0.15) is 0 Å². The van der Waals surface area contributed by atoms with Crippen LogP contribution in [0.15, 0.2) is 18.6 Å². The number of Topliss-reactive ketones (excluding diaryl/α,β-unsaturated/α-hetero) is 1. The van der Waals surface area contributed by atoms with Crippen molar-refractivity contribution in [1.29, 1.82) is 0 Å². The highest BCUT2D eigenvalue weighted by Crippen LogP contribution is 2.10. The first-order chi connectivity index (χ1) is 8.29. The van der Waals surface area contributed by atoms with Gasteiger partial charge < -0.3 is 5.32 Å². The second-order valence-electron chi connectivity index (χ2n) is 4.38. The maximum Gasteiger partial charge on any atom is 0.196 e. The predicted molar refractivity (Wildman–Crippen MR) is 64.9 cm³/mol. The number of hydrogen-bond acceptors (Lipinski definition) is 5. The van der Waals surface area contributed by atoms with Crippen molar-refractivity contribution in [3.05, 3.63) is 24.3 Å². The van der Waals surface area contributed by atoms with Gasteiger partial charge in [-0.05, 0) is 26.4 Å². The molecule has 1 N–H and O–H groups in total. The minimum absolute atomic E-state index is 0.0508. The van der Waals surface area contributed by atoms with Gasteiger partial charge in [-0.3, -0.25) is 14.7 Å². The molecule has 0 bridgehead atoms. The first-order valence-electron chi connectivity index (χ1n) is 5.98. The summed E-state index contributed by atoms with van der Waals surface area (Å²) in [5.74, 6) is 0.0508. The maximum absolute atomic E-state index is 11.9. The molecule has 1 aromatic heterocycles. The summed E-state index contributed by atoms with van der Waals surface area (Å²) in [6, 6.07) is 0.499. The van der Waals surface area contributed by atoms with Crippen LogP contribution in [-0.4, -0.2) is 53.4 Å². The van der Waals surface area contributed by atoms with E-state index in [1.165, 1.54) is 12.6 Å². The van der Waals surface area contributed by atoms with Crippen LogP contribution < -0.4 is 5.32 Å². The first kappa shape index (κ1) is 12.1. The smallest absolute Gasteiger partial charge is 0.196 e. The lowest BCUT2D eigenvalue weighted by Crippen LogP contribution is -2.46. The molecule has 5 heteroatoms. The molecule has 0 saturated carbocycles. The summed E-state index contributed by atoms with van der Waals surface area (Å²) in [5, 5.41) is 3.27. The van der Waals surface area contributed by atoms with Crippen molar-refractivity contribution in [3.63, 3.8) is 0 Å². The Labute approximate surface area is 101 Å². The predicted octanol–water partition coefficient (Wildman–Crippen LogP) is 0.343. The monoisotopic (exact) mass is 234 g/mol. The van der Waals surface area contributed by atoms with E-state index in [1.807, 2.05) is 7.05 Å². The summed E-state index contributed by atoms with van der Waals surface area (Å²) in [4.78, 5) is 22.1. The lowest BCUT2D eigenvalue weighted by Gasteiger charge is -2.31. The lowest BCUT2D eigenvalue weighted by molar-refractivity contribution is 0.0896. The van der Waals surface area contributed by atoms with Crippen molar-refractivity contribution < 1.29 is 4.79 Å². The molecule has 0 unspecified atom stereocenters. The fourth-order valence-electron chi connectivity index (χ4n) is 2.16. The summed E-state index contributed by atoms with van der Waals surface area (Å²) in [6.07, 6.45) is 6.99. The molecule has 0 spiro atoms. The Morgan fingerprint density at radius 1 is 1.59 bits per heavy atom. The van der Waals surface area contributed by atoms with E-state index in [4.69, 9.17) is 0 Å². The number of aromatic nitrogens is 2. The molecule has 1 atom stereocenters. The number of piperidine rings is 1. The van der Waals surface area contributed by atoms with Crippen molar-refractivity contribution in [3.8, 4) is 0 Å². The van der Waals surface area contributed by atoms with Crippen LogP contribution >= 0.6 is 0 Å². The van der Waals surface area contributed by atoms with E-state index >= 15 is 0 Å². The van der Waals surface area contributed by atoms with E-state index in [-0.39, 0.29) is 5.78 Å². The van der Waals surface area contributed by atoms with Crippen LogP contribution in [0.1, 0.15) is 23.3 Å². The number of carbonyl (C=O) groups is 1. The molecule has 2 heterocycles. The van der Waals surface area contributed by atoms with Gasteiger partial charge in [0.05, 0.1) is 12.7 Å². The van der Waals surface area contributed by atoms with Crippen molar-refractivity contribution in [2.75, 3.05) is 26.7 Å². The molecule has 0 amide bonds. The van der Waals surface area contributed by atoms with E-state index in [1.54, 1.807) is 12.4 Å². The van der Waals surface area contributed by atoms with Crippen LogP contribution in [0.2, 0.25) is 0 Å². The van der Waals surface area contributed by atoms with Crippen molar-refractivity contribution in [1.82, 2.24) is 20.2 Å². The number of nitrogens with one attached hydrogen (secondary N) is 1. The Balaban J connectivity index is 1.90. The third-order valence-corrected chi connectivity index (χ3v) is 3.13. The molecule has 1 aromatic rings. The molecular weight excluding hydrogens is 216 g/mol. The highest BCUT2D eigenvalue weighted by molar-refractivity contribution is 5.95. The Kier molecular flexibility index (Phi) is 4.17. The number of likely N-dealkylation sites (N-methyl/N-ethyl adjacent to an activating group) is 1. The van der Waals surface area contributed by atoms with Gasteiger partial charge in [0.25, 0.3) is 0 Å². The summed E-state index contributed by atoms with van der Waals surface area (Å²) >= 11 is 0. The van der Waals surface area contributed by atoms with Crippen LogP contribution in [0.4, 0.5) is 0 Å². The zero-order valence-electron chi connectivity index (χ0n) is 10.1. The van der Waals surface area contributed by atoms with Gasteiger partial charge in [0.1, 0.15) is 5.69 Å². The molecule has 1 saturated heterocycles. The normalized spacial score (nSPS) is 21.4. The molecule has 1 fully saturated rings. The number of likely N-dealkylation sites (tertiary alicyclic amines) is 1. The number of carbonyl (C=O) groups excluding carboxylic acids is 1. The zero-order valence-corrected chi connectivity index (χ0v) is 10.1. The fourth-order valence-corrected chi connectivity index (χ4v) is 2.16. The number of ketones is 1. The topological polar surface area (TPSA) is 58.1 Å². The highest BCUT2D eigenvalue weighted by atomic mass is 16.1. The Morgan fingerprint density at radius 2 is 2.47 bits per heavy atom. The minimum atomic E-state index is 0.0508. The van der Waals surface area contributed by atoms with Crippen molar-refractivity contribution >= 4 is 5.78 Å². The van der Waals surface area contributed by atoms with Crippen LogP contribution in [-0.2, 0) is 0 Å². The maximum atomic E-state index is 11.9. The molecule has 1 aliphatic heterocycles. The zero-order chi connectivity index (χ0) is 12.1. The van der Waals surface area contributed by atoms with Gasteiger partial charge in [0, 0.05) is 25.0 Å². The third-order valence-electron chi connectivity index (χ3n) is 3.13. The molecular formula is C12H18N4O. The third kappa shape index (κ3) is 3.31. The van der Waals surface area contributed by atoms with E-state index < -0.39 is 0 Å². The minimum Gasteiger partial charge on any atom is -0.316 e. The summed E-state index contributed by atoms with van der Waals surface area (Å²) in [7, 11) is 1.97. The molecule has 0 radical (unpaired) electrons. The number of rotatable bonds is 4. The van der Waals surface area contributed by atoms with E-state index in [2.05, 4.69) is 20.2 Å². The second-order valence-corrected chi connectivity index (χ2v) is 4.38. The average molecular weight is 234 g/mol. The van der Waals surface area contributed by atoms with E-state index in [0.717, 1.165) is 19.5 Å². The van der Waals surface area contributed by atoms with Gasteiger partial charge in [0.2, 0.25) is 0 Å². The summed E-state index contributed by atoms with van der Waals surface area (Å²) in [6.45, 7) is 2.36. The molecule has 1 aliphatic rings. The summed E-state index contributed by atoms with van der Waals surface area (Å²) in [5.41, 5.74) is 0.457. The standard InChI is InChI=1S/C12H18N4O/c1-13-10-3-2-6-16(8-10)9-12(17)11-7-14-4-5-15-11/h4-5,7,10,13H,2-3,6,8-9H2,1H3/t10-/m1/s1. The molecule has 2 rings (SSSR count). The molecule has 0 aliphatic carbocycles. The molecule has 0 aromatic carbocycles. The Morgan fingerprint density at radius 3 is 3.18 bits per heavy atom. The number of hydrogen-bond donors (Lipinski definition) is 1. The SMILES string of the molecule is CN[C@@H]1CCCN(CC(=O)c2cnccn2)C1. The molecule has 5 nitrogen and oxygen atoms in total. The average Bonchev–Trinajstić information content (AvgIpc) is 2.40. The van der Waals surface area contributed by atoms with Crippen LogP contribution in [0.25, 0.3) is 0 Å². The van der Waals surface area contributed by atoms with Gasteiger partial charge in [-0.15, -0.1) is 0 Å². The first-order valence-corrected chi connectivity index (χ1v) is 5.98. The Hall–Kier alpha value is -1.33. The molecule has 92 valence electrons. The largest absolute Gasteiger partial charge is 0.316 e. The Bertz CT molecular complexity index is 368. The van der Waals surface area contributed by atoms with E-state index in [0.29, 0.717) is 18.3 Å². The van der Waals surface area contributed by atoms with Gasteiger partial charge in [-0.1, -0.05) is 0 Å². The molecule has 17 heavy (non-hydrogen) atoms. The van der Waals surface area contributed by atoms with Gasteiger partial charge in [-0.25, -0.2) is 4.98 Å². The summed E-state index contributed by atoms with van der Waals surface area (Å²) < 4.78 is 0. The lowest BCUT2D eigenvalue weighted by atomic mass is 10.1.